The van der Waals surface area contributed by atoms with Crippen LogP contribution < -0.4 is 15.8 Å². The highest BCUT2D eigenvalue weighted by Gasteiger charge is 2.32. The van der Waals surface area contributed by atoms with Crippen LogP contribution >= 0.6 is 11.3 Å². The molecule has 0 saturated heterocycles. The molecule has 11 nitrogen and oxygen atoms in total. The zero-order valence-corrected chi connectivity index (χ0v) is 27.6. The van der Waals surface area contributed by atoms with E-state index in [1.165, 1.54) is 18.3 Å². The maximum atomic E-state index is 13.9. The van der Waals surface area contributed by atoms with Crippen LogP contribution in [0.3, 0.4) is 0 Å². The molecule has 0 aliphatic carbocycles. The molecule has 0 aliphatic heterocycles. The number of amides is 1. The molecule has 1 unspecified atom stereocenters. The normalized spacial score (nSPS) is 14.9. The Morgan fingerprint density at radius 1 is 1.07 bits per heavy atom. The average Bonchev–Trinajstić information content (AvgIpc) is 3.44. The quantitative estimate of drug-likeness (QED) is 0.0859. The zero-order chi connectivity index (χ0) is 33.0. The van der Waals surface area contributed by atoms with E-state index >= 15 is 0 Å². The largest absolute Gasteiger partial charge is 0.387 e. The number of sulfonamides is 1. The summed E-state index contributed by atoms with van der Waals surface area (Å²) in [5, 5.41) is 14.9. The molecule has 3 rings (SSSR count). The first-order valence-electron chi connectivity index (χ1n) is 15.0. The van der Waals surface area contributed by atoms with Gasteiger partial charge in [0.05, 0.1) is 34.4 Å². The molecule has 13 heteroatoms. The van der Waals surface area contributed by atoms with Crippen molar-refractivity contribution in [2.24, 2.45) is 16.6 Å². The fourth-order valence-electron chi connectivity index (χ4n) is 4.88. The second-order valence-corrected chi connectivity index (χ2v) is 14.0. The molecule has 45 heavy (non-hydrogen) atoms. The molecule has 1 amide bonds. The summed E-state index contributed by atoms with van der Waals surface area (Å²) >= 11 is 1.34. The van der Waals surface area contributed by atoms with E-state index in [0.717, 1.165) is 22.0 Å². The minimum atomic E-state index is -3.77. The van der Waals surface area contributed by atoms with Gasteiger partial charge in [-0.05, 0) is 50.3 Å². The number of aliphatic hydroxyl groups is 1. The molecular weight excluding hydrogens is 615 g/mol. The molecule has 2 aromatic carbocycles. The first-order valence-corrected chi connectivity index (χ1v) is 17.7. The minimum absolute atomic E-state index is 0.00986. The summed E-state index contributed by atoms with van der Waals surface area (Å²) in [5.74, 6) is -1.49. The Balaban J connectivity index is 1.88. The third-order valence-corrected chi connectivity index (χ3v) is 9.12. The lowest BCUT2D eigenvalue weighted by atomic mass is 9.89. The van der Waals surface area contributed by atoms with Crippen LogP contribution in [0.15, 0.2) is 59.6 Å². The molecule has 4 atom stereocenters. The summed E-state index contributed by atoms with van der Waals surface area (Å²) in [6.45, 7) is 3.69. The van der Waals surface area contributed by atoms with Crippen LogP contribution in [0.4, 0.5) is 0 Å². The van der Waals surface area contributed by atoms with E-state index in [1.807, 2.05) is 61.5 Å². The fourth-order valence-corrected chi connectivity index (χ4v) is 6.66. The number of aromatic nitrogens is 1. The maximum absolute atomic E-state index is 13.9. The molecule has 5 N–H and O–H groups in total. The Bertz CT molecular complexity index is 1540. The number of nitrogens with zero attached hydrogens (tertiary/aromatic N) is 2. The number of carbonyl (C=O) groups excluding carboxylic acids is 3. The summed E-state index contributed by atoms with van der Waals surface area (Å²) in [6, 6.07) is 14.8. The van der Waals surface area contributed by atoms with Gasteiger partial charge in [-0.25, -0.2) is 18.1 Å². The Kier molecular flexibility index (Phi) is 13.8. The molecule has 0 aliphatic rings. The number of hydrogen-bond donors (Lipinski definition) is 4. The number of rotatable bonds is 19. The van der Waals surface area contributed by atoms with Crippen LogP contribution in [-0.4, -0.2) is 66.7 Å². The Morgan fingerprint density at radius 2 is 1.76 bits per heavy atom. The molecule has 244 valence electrons. The lowest BCUT2D eigenvalue weighted by Crippen LogP contribution is -2.46. The number of nitrogens with two attached hydrogens (primary N) is 1. The van der Waals surface area contributed by atoms with Gasteiger partial charge in [-0.2, -0.15) is 0 Å². The molecule has 0 bridgehead atoms. The highest BCUT2D eigenvalue weighted by molar-refractivity contribution is 7.88. The van der Waals surface area contributed by atoms with Crippen LogP contribution in [0.2, 0.25) is 0 Å². The van der Waals surface area contributed by atoms with Gasteiger partial charge in [0.25, 0.3) is 0 Å². The van der Waals surface area contributed by atoms with Crippen LogP contribution in [0.25, 0.3) is 10.2 Å². The number of para-hydroxylation sites is 1. The van der Waals surface area contributed by atoms with Gasteiger partial charge in [0, 0.05) is 31.7 Å². The van der Waals surface area contributed by atoms with Gasteiger partial charge in [0.1, 0.15) is 16.9 Å². The number of amidine groups is 1. The maximum Gasteiger partial charge on any atom is 0.224 e. The standard InChI is InChI=1S/C32H43N5O6S2/c1-4-29(33)34-18-10-14-26(30(40)32-36-25-13-8-9-15-28(25)44-32)35-31(41)23(19-22-11-6-5-7-12-22)20-27(39)24(17-16-21(2)38)37-45(3,42)43/h5-9,11-13,15,23-24,26,30,37,40H,4,10,14,16-20H2,1-3H3,(H2,33,34)(H,35,41)/t23-,24+,26+,30?/m1/s1. The molecule has 1 aromatic heterocycles. The Morgan fingerprint density at radius 3 is 2.40 bits per heavy atom. The van der Waals surface area contributed by atoms with Gasteiger partial charge < -0.3 is 21.0 Å². The third-order valence-electron chi connectivity index (χ3n) is 7.30. The monoisotopic (exact) mass is 657 g/mol. The first kappa shape index (κ1) is 36.0. The van der Waals surface area contributed by atoms with Crippen molar-refractivity contribution in [1.29, 1.82) is 0 Å². The summed E-state index contributed by atoms with van der Waals surface area (Å²) in [4.78, 5) is 48.0. The zero-order valence-electron chi connectivity index (χ0n) is 25.9. The number of Topliss-reactive ketones (excluding diaryl/α,β-unsaturated/α-hetero) is 2. The van der Waals surface area contributed by atoms with E-state index in [0.29, 0.717) is 36.7 Å². The molecule has 3 aromatic rings. The molecular formula is C32H43N5O6S2. The van der Waals surface area contributed by atoms with E-state index < -0.39 is 45.8 Å². The van der Waals surface area contributed by atoms with Gasteiger partial charge in [0.15, 0.2) is 5.78 Å². The lowest BCUT2D eigenvalue weighted by Gasteiger charge is -2.26. The van der Waals surface area contributed by atoms with E-state index in [-0.39, 0.29) is 31.5 Å². The van der Waals surface area contributed by atoms with Gasteiger partial charge in [-0.3, -0.25) is 14.6 Å². The van der Waals surface area contributed by atoms with E-state index in [1.54, 1.807) is 0 Å². The summed E-state index contributed by atoms with van der Waals surface area (Å²) < 4.78 is 27.3. The van der Waals surface area contributed by atoms with Gasteiger partial charge in [-0.1, -0.05) is 49.4 Å². The van der Waals surface area contributed by atoms with Crippen LogP contribution in [0.1, 0.15) is 69.0 Å². The highest BCUT2D eigenvalue weighted by Crippen LogP contribution is 2.30. The SMILES string of the molecule is CCC(N)=NCCC[C@H](NC(=O)[C@@H](CC(=O)[C@H](CCC(C)=O)NS(C)(=O)=O)Cc1ccccc1)C(O)c1nc2ccccc2s1. The van der Waals surface area contributed by atoms with Gasteiger partial charge in [-0.15, -0.1) is 11.3 Å². The van der Waals surface area contributed by atoms with E-state index in [4.69, 9.17) is 5.73 Å². The second-order valence-electron chi connectivity index (χ2n) is 11.2. The predicted molar refractivity (Wildman–Crippen MR) is 177 cm³/mol. The number of ketones is 2. The van der Waals surface area contributed by atoms with Crippen molar-refractivity contribution in [2.75, 3.05) is 12.8 Å². The molecule has 0 spiro atoms. The molecule has 0 fully saturated rings. The predicted octanol–water partition coefficient (Wildman–Crippen LogP) is 3.47. The lowest BCUT2D eigenvalue weighted by molar-refractivity contribution is -0.131. The number of thiazole rings is 1. The van der Waals surface area contributed by atoms with Crippen molar-refractivity contribution in [3.05, 3.63) is 65.2 Å². The van der Waals surface area contributed by atoms with Crippen molar-refractivity contribution in [2.45, 2.75) is 77.0 Å². The first-order chi connectivity index (χ1) is 21.4. The van der Waals surface area contributed by atoms with E-state index in [2.05, 4.69) is 20.0 Å². The Hall–Kier alpha value is -3.52. The number of hydrogen-bond acceptors (Lipinski definition) is 9. The summed E-state index contributed by atoms with van der Waals surface area (Å²) in [5.41, 5.74) is 7.41. The molecule has 0 saturated carbocycles. The highest BCUT2D eigenvalue weighted by atomic mass is 32.2. The Labute approximate surface area is 268 Å². The second kappa shape index (κ2) is 17.2. The number of nitrogens with one attached hydrogen (secondary N) is 2. The number of aliphatic imine (C=N–C) groups is 1. The van der Waals surface area contributed by atoms with Gasteiger partial charge >= 0.3 is 0 Å². The number of aliphatic hydroxyl groups excluding tert-OH is 1. The van der Waals surface area contributed by atoms with Crippen molar-refractivity contribution in [3.63, 3.8) is 0 Å². The van der Waals surface area contributed by atoms with Crippen LogP contribution in [-0.2, 0) is 30.8 Å². The topological polar surface area (TPSA) is 181 Å². The number of fused-ring (bicyclic) bond motifs is 1. The van der Waals surface area contributed by atoms with E-state index in [9.17, 15) is 27.9 Å². The summed E-state index contributed by atoms with van der Waals surface area (Å²) in [6.07, 6.45) is 1.27. The number of benzene rings is 2. The van der Waals surface area contributed by atoms with Gasteiger partial charge in [0.2, 0.25) is 15.9 Å². The third kappa shape index (κ3) is 12.1. The van der Waals surface area contributed by atoms with Crippen molar-refractivity contribution in [1.82, 2.24) is 15.0 Å². The van der Waals surface area contributed by atoms with Crippen LogP contribution in [0, 0.1) is 5.92 Å². The van der Waals surface area contributed by atoms with Crippen molar-refractivity contribution < 1.29 is 27.9 Å². The average molecular weight is 658 g/mol. The smallest absolute Gasteiger partial charge is 0.224 e. The van der Waals surface area contributed by atoms with Crippen molar-refractivity contribution in [3.8, 4) is 0 Å². The fraction of sp³-hybridized carbons (Fsp3) is 0.469. The van der Waals surface area contributed by atoms with Crippen LogP contribution in [0.5, 0.6) is 0 Å². The molecule has 0 radical (unpaired) electrons. The summed E-state index contributed by atoms with van der Waals surface area (Å²) in [7, 11) is -3.77. The number of carbonyl (C=O) groups is 3. The van der Waals surface area contributed by atoms with Crippen molar-refractivity contribution >= 4 is 54.9 Å². The molecule has 1 heterocycles. The minimum Gasteiger partial charge on any atom is -0.387 e.